The number of hydrogen-bond donors (Lipinski definition) is 1. The minimum Gasteiger partial charge on any atom is -0.356 e. The number of carbonyl (C=O) groups excluding carboxylic acids is 1. The van der Waals surface area contributed by atoms with Gasteiger partial charge in [-0.1, -0.05) is 44.2 Å². The minimum absolute atomic E-state index is 0.164. The van der Waals surface area contributed by atoms with Crippen molar-refractivity contribution in [1.29, 1.82) is 0 Å². The monoisotopic (exact) mass is 276 g/mol. The molecule has 0 radical (unpaired) electrons. The third kappa shape index (κ3) is 7.29. The molecule has 0 aliphatic rings. The number of aryl methyl sites for hydroxylation is 1. The van der Waals surface area contributed by atoms with Crippen molar-refractivity contribution in [2.75, 3.05) is 26.2 Å². The summed E-state index contributed by atoms with van der Waals surface area (Å²) in [5.41, 5.74) is 1.23. The van der Waals surface area contributed by atoms with Gasteiger partial charge in [-0.15, -0.1) is 0 Å². The zero-order chi connectivity index (χ0) is 14.6. The molecule has 1 aromatic carbocycles. The van der Waals surface area contributed by atoms with Crippen molar-refractivity contribution in [3.05, 3.63) is 35.9 Å². The molecule has 3 nitrogen and oxygen atoms in total. The first kappa shape index (κ1) is 16.7. The van der Waals surface area contributed by atoms with E-state index in [1.807, 2.05) is 18.2 Å². The number of rotatable bonds is 10. The molecule has 0 aliphatic heterocycles. The molecule has 1 amide bonds. The van der Waals surface area contributed by atoms with E-state index in [1.165, 1.54) is 5.56 Å². The molecule has 0 spiro atoms. The van der Waals surface area contributed by atoms with Gasteiger partial charge in [0.05, 0.1) is 0 Å². The number of unbranched alkanes of at least 4 members (excludes halogenated alkanes) is 1. The Morgan fingerprint density at radius 1 is 1.10 bits per heavy atom. The molecule has 0 saturated heterocycles. The molecule has 0 aliphatic carbocycles. The molecule has 1 rings (SSSR count). The van der Waals surface area contributed by atoms with Crippen LogP contribution in [-0.4, -0.2) is 37.0 Å². The summed E-state index contributed by atoms with van der Waals surface area (Å²) in [6, 6.07) is 10.2. The summed E-state index contributed by atoms with van der Waals surface area (Å²) >= 11 is 0. The van der Waals surface area contributed by atoms with E-state index in [2.05, 4.69) is 36.2 Å². The SMILES string of the molecule is CCN(CC)CCCCNC(=O)CCc1ccccc1. The van der Waals surface area contributed by atoms with Gasteiger partial charge in [-0.05, 0) is 44.5 Å². The van der Waals surface area contributed by atoms with Gasteiger partial charge >= 0.3 is 0 Å². The third-order valence-electron chi connectivity index (χ3n) is 3.60. The van der Waals surface area contributed by atoms with Crippen molar-refractivity contribution in [1.82, 2.24) is 10.2 Å². The number of nitrogens with zero attached hydrogens (tertiary/aromatic N) is 1. The zero-order valence-corrected chi connectivity index (χ0v) is 12.9. The molecular formula is C17H28N2O. The van der Waals surface area contributed by atoms with E-state index in [0.29, 0.717) is 6.42 Å². The fourth-order valence-electron chi connectivity index (χ4n) is 2.22. The lowest BCUT2D eigenvalue weighted by molar-refractivity contribution is -0.121. The fraction of sp³-hybridized carbons (Fsp3) is 0.588. The molecule has 112 valence electrons. The zero-order valence-electron chi connectivity index (χ0n) is 12.9. The summed E-state index contributed by atoms with van der Waals surface area (Å²) in [7, 11) is 0. The van der Waals surface area contributed by atoms with Crippen LogP contribution in [0, 0.1) is 0 Å². The first-order chi connectivity index (χ1) is 9.76. The highest BCUT2D eigenvalue weighted by molar-refractivity contribution is 5.76. The highest BCUT2D eigenvalue weighted by Gasteiger charge is 2.02. The second-order valence-electron chi connectivity index (χ2n) is 5.07. The maximum Gasteiger partial charge on any atom is 0.220 e. The van der Waals surface area contributed by atoms with E-state index in [4.69, 9.17) is 0 Å². The Morgan fingerprint density at radius 3 is 2.45 bits per heavy atom. The highest BCUT2D eigenvalue weighted by atomic mass is 16.1. The van der Waals surface area contributed by atoms with Crippen molar-refractivity contribution >= 4 is 5.91 Å². The van der Waals surface area contributed by atoms with Crippen molar-refractivity contribution in [3.63, 3.8) is 0 Å². The van der Waals surface area contributed by atoms with Crippen LogP contribution in [0.15, 0.2) is 30.3 Å². The predicted octanol–water partition coefficient (Wildman–Crippen LogP) is 2.86. The van der Waals surface area contributed by atoms with Gasteiger partial charge in [0.1, 0.15) is 0 Å². The van der Waals surface area contributed by atoms with Gasteiger partial charge in [0.25, 0.3) is 0 Å². The quantitative estimate of drug-likeness (QED) is 0.666. The van der Waals surface area contributed by atoms with E-state index in [-0.39, 0.29) is 5.91 Å². The maximum atomic E-state index is 11.7. The van der Waals surface area contributed by atoms with Crippen LogP contribution in [0.2, 0.25) is 0 Å². The van der Waals surface area contributed by atoms with Crippen LogP contribution in [0.5, 0.6) is 0 Å². The van der Waals surface area contributed by atoms with E-state index in [1.54, 1.807) is 0 Å². The average molecular weight is 276 g/mol. The normalized spacial score (nSPS) is 10.8. The number of benzene rings is 1. The lowest BCUT2D eigenvalue weighted by Crippen LogP contribution is -2.27. The van der Waals surface area contributed by atoms with E-state index >= 15 is 0 Å². The molecule has 0 atom stereocenters. The number of nitrogens with one attached hydrogen (secondary N) is 1. The second kappa shape index (κ2) is 10.4. The first-order valence-corrected chi connectivity index (χ1v) is 7.79. The van der Waals surface area contributed by atoms with Gasteiger partial charge in [-0.25, -0.2) is 0 Å². The van der Waals surface area contributed by atoms with Gasteiger partial charge in [0.2, 0.25) is 5.91 Å². The predicted molar refractivity (Wildman–Crippen MR) is 84.8 cm³/mol. The topological polar surface area (TPSA) is 32.3 Å². The van der Waals surface area contributed by atoms with Crippen molar-refractivity contribution < 1.29 is 4.79 Å². The van der Waals surface area contributed by atoms with Crippen LogP contribution in [0.25, 0.3) is 0 Å². The molecule has 1 aromatic rings. The molecule has 1 N–H and O–H groups in total. The van der Waals surface area contributed by atoms with Crippen LogP contribution < -0.4 is 5.32 Å². The van der Waals surface area contributed by atoms with Gasteiger partial charge < -0.3 is 10.2 Å². The number of carbonyl (C=O) groups is 1. The molecule has 20 heavy (non-hydrogen) atoms. The van der Waals surface area contributed by atoms with Crippen LogP contribution in [-0.2, 0) is 11.2 Å². The summed E-state index contributed by atoms with van der Waals surface area (Å²) in [5.74, 6) is 0.164. The van der Waals surface area contributed by atoms with Gasteiger partial charge in [0, 0.05) is 13.0 Å². The second-order valence-corrected chi connectivity index (χ2v) is 5.07. The smallest absolute Gasteiger partial charge is 0.220 e. The molecule has 3 heteroatoms. The summed E-state index contributed by atoms with van der Waals surface area (Å²) in [6.07, 6.45) is 3.63. The highest BCUT2D eigenvalue weighted by Crippen LogP contribution is 2.02. The Hall–Kier alpha value is -1.35. The van der Waals surface area contributed by atoms with E-state index in [0.717, 1.165) is 45.4 Å². The Bertz CT molecular complexity index is 361. The standard InChI is InChI=1S/C17H28N2O/c1-3-19(4-2)15-9-8-14-18-17(20)13-12-16-10-6-5-7-11-16/h5-7,10-11H,3-4,8-9,12-15H2,1-2H3,(H,18,20). The van der Waals surface area contributed by atoms with Crippen LogP contribution in [0.4, 0.5) is 0 Å². The summed E-state index contributed by atoms with van der Waals surface area (Å²) in [4.78, 5) is 14.1. The minimum atomic E-state index is 0.164. The molecule has 0 fully saturated rings. The van der Waals surface area contributed by atoms with Gasteiger partial charge in [-0.2, -0.15) is 0 Å². The van der Waals surface area contributed by atoms with Gasteiger partial charge in [0.15, 0.2) is 0 Å². The van der Waals surface area contributed by atoms with Crippen molar-refractivity contribution in [2.24, 2.45) is 0 Å². The Balaban J connectivity index is 2.03. The van der Waals surface area contributed by atoms with Crippen molar-refractivity contribution in [2.45, 2.75) is 39.5 Å². The first-order valence-electron chi connectivity index (χ1n) is 7.79. The molecular weight excluding hydrogens is 248 g/mol. The Kier molecular flexibility index (Phi) is 8.72. The lowest BCUT2D eigenvalue weighted by Gasteiger charge is -2.17. The molecule has 0 aromatic heterocycles. The molecule has 0 bridgehead atoms. The molecule has 0 heterocycles. The lowest BCUT2D eigenvalue weighted by atomic mass is 10.1. The Morgan fingerprint density at radius 2 is 1.80 bits per heavy atom. The summed E-state index contributed by atoms with van der Waals surface area (Å²) < 4.78 is 0. The van der Waals surface area contributed by atoms with Crippen LogP contribution in [0.3, 0.4) is 0 Å². The number of hydrogen-bond acceptors (Lipinski definition) is 2. The Labute approximate surface area is 123 Å². The number of amides is 1. The van der Waals surface area contributed by atoms with Gasteiger partial charge in [-0.3, -0.25) is 4.79 Å². The largest absolute Gasteiger partial charge is 0.356 e. The van der Waals surface area contributed by atoms with Crippen molar-refractivity contribution in [3.8, 4) is 0 Å². The summed E-state index contributed by atoms with van der Waals surface area (Å²) in [6.45, 7) is 8.53. The summed E-state index contributed by atoms with van der Waals surface area (Å²) in [5, 5.41) is 3.01. The molecule has 0 saturated carbocycles. The van der Waals surface area contributed by atoms with Crippen LogP contribution in [0.1, 0.15) is 38.7 Å². The average Bonchev–Trinajstić information content (AvgIpc) is 2.50. The third-order valence-corrected chi connectivity index (χ3v) is 3.60. The fourth-order valence-corrected chi connectivity index (χ4v) is 2.22. The van der Waals surface area contributed by atoms with E-state index in [9.17, 15) is 4.79 Å². The van der Waals surface area contributed by atoms with E-state index < -0.39 is 0 Å². The maximum absolute atomic E-state index is 11.7. The van der Waals surface area contributed by atoms with Crippen LogP contribution >= 0.6 is 0 Å². The molecule has 0 unspecified atom stereocenters.